The van der Waals surface area contributed by atoms with Crippen LogP contribution < -0.4 is 0 Å². The van der Waals surface area contributed by atoms with E-state index in [0.717, 1.165) is 0 Å². The molecule has 1 atom stereocenters. The number of carbonyl (C=O) groups is 2. The minimum Gasteiger partial charge on any atom is -0.481 e. The maximum Gasteiger partial charge on any atom is 0.311 e. The van der Waals surface area contributed by atoms with Gasteiger partial charge in [-0.05, 0) is 13.3 Å². The van der Waals surface area contributed by atoms with Crippen LogP contribution in [0.2, 0.25) is 0 Å². The zero-order valence-electron chi connectivity index (χ0n) is 8.84. The lowest BCUT2D eigenvalue weighted by molar-refractivity contribution is -0.147. The van der Waals surface area contributed by atoms with Gasteiger partial charge in [0.2, 0.25) is 5.76 Å². The molecular formula is C10H12N2O4. The lowest BCUT2D eigenvalue weighted by Crippen LogP contribution is -2.34. The first kappa shape index (κ1) is 10.7. The molecule has 6 heteroatoms. The van der Waals surface area contributed by atoms with Crippen molar-refractivity contribution in [2.24, 2.45) is 5.41 Å². The van der Waals surface area contributed by atoms with Crippen LogP contribution in [0.15, 0.2) is 16.8 Å². The minimum absolute atomic E-state index is 0.148. The highest BCUT2D eigenvalue weighted by molar-refractivity contribution is 5.92. The topological polar surface area (TPSA) is 83.6 Å². The SMILES string of the molecule is CC1(C(=O)O)CCN(C(=O)c2ccno2)C1. The lowest BCUT2D eigenvalue weighted by Gasteiger charge is -2.18. The molecule has 0 bridgehead atoms. The lowest BCUT2D eigenvalue weighted by atomic mass is 9.90. The van der Waals surface area contributed by atoms with Crippen molar-refractivity contribution in [1.82, 2.24) is 10.1 Å². The van der Waals surface area contributed by atoms with E-state index in [4.69, 9.17) is 9.63 Å². The van der Waals surface area contributed by atoms with E-state index in [2.05, 4.69) is 5.16 Å². The average molecular weight is 224 g/mol. The van der Waals surface area contributed by atoms with Gasteiger partial charge in [-0.25, -0.2) is 0 Å². The van der Waals surface area contributed by atoms with Gasteiger partial charge < -0.3 is 14.5 Å². The Labute approximate surface area is 91.8 Å². The number of carbonyl (C=O) groups excluding carboxylic acids is 1. The maximum atomic E-state index is 11.8. The van der Waals surface area contributed by atoms with Gasteiger partial charge in [-0.2, -0.15) is 0 Å². The Balaban J connectivity index is 2.10. The van der Waals surface area contributed by atoms with Crippen molar-refractivity contribution in [2.45, 2.75) is 13.3 Å². The smallest absolute Gasteiger partial charge is 0.311 e. The number of carboxylic acid groups (broad SMARTS) is 1. The van der Waals surface area contributed by atoms with Crippen LogP contribution in [-0.2, 0) is 4.79 Å². The molecule has 1 saturated heterocycles. The molecule has 16 heavy (non-hydrogen) atoms. The molecule has 0 aliphatic carbocycles. The second-order valence-electron chi connectivity index (χ2n) is 4.22. The summed E-state index contributed by atoms with van der Waals surface area (Å²) < 4.78 is 4.75. The fourth-order valence-electron chi connectivity index (χ4n) is 1.79. The van der Waals surface area contributed by atoms with Crippen LogP contribution >= 0.6 is 0 Å². The third kappa shape index (κ3) is 1.66. The summed E-state index contributed by atoms with van der Waals surface area (Å²) in [4.78, 5) is 24.3. The second-order valence-corrected chi connectivity index (χ2v) is 4.22. The van der Waals surface area contributed by atoms with E-state index >= 15 is 0 Å². The van der Waals surface area contributed by atoms with E-state index in [1.54, 1.807) is 6.92 Å². The van der Waals surface area contributed by atoms with Crippen LogP contribution in [-0.4, -0.2) is 40.1 Å². The summed E-state index contributed by atoms with van der Waals surface area (Å²) in [5.41, 5.74) is -0.852. The van der Waals surface area contributed by atoms with Crippen LogP contribution in [0.1, 0.15) is 23.9 Å². The molecule has 0 saturated carbocycles. The van der Waals surface area contributed by atoms with Crippen molar-refractivity contribution in [1.29, 1.82) is 0 Å². The van der Waals surface area contributed by atoms with Crippen LogP contribution in [0.3, 0.4) is 0 Å². The molecule has 1 aromatic rings. The quantitative estimate of drug-likeness (QED) is 0.795. The first-order valence-corrected chi connectivity index (χ1v) is 4.96. The summed E-state index contributed by atoms with van der Waals surface area (Å²) in [6.45, 7) is 2.28. The number of rotatable bonds is 2. The predicted octanol–water partition coefficient (Wildman–Crippen LogP) is 0.611. The molecule has 1 fully saturated rings. The number of aromatic nitrogens is 1. The molecule has 1 N–H and O–H groups in total. The van der Waals surface area contributed by atoms with Gasteiger partial charge in [-0.15, -0.1) is 0 Å². The van der Waals surface area contributed by atoms with Gasteiger partial charge in [0.15, 0.2) is 0 Å². The Morgan fingerprint density at radius 1 is 1.62 bits per heavy atom. The summed E-state index contributed by atoms with van der Waals surface area (Å²) in [6, 6.07) is 1.47. The van der Waals surface area contributed by atoms with Crippen molar-refractivity contribution >= 4 is 11.9 Å². The molecule has 1 aliphatic rings. The van der Waals surface area contributed by atoms with E-state index in [9.17, 15) is 9.59 Å². The van der Waals surface area contributed by atoms with Crippen LogP contribution in [0.25, 0.3) is 0 Å². The number of nitrogens with zero attached hydrogens (tertiary/aromatic N) is 2. The Kier molecular flexibility index (Phi) is 2.41. The second kappa shape index (κ2) is 3.62. The fourth-order valence-corrected chi connectivity index (χ4v) is 1.79. The van der Waals surface area contributed by atoms with E-state index in [-0.39, 0.29) is 18.2 Å². The zero-order valence-corrected chi connectivity index (χ0v) is 8.84. The van der Waals surface area contributed by atoms with E-state index in [0.29, 0.717) is 13.0 Å². The maximum absolute atomic E-state index is 11.8. The van der Waals surface area contributed by atoms with Crippen LogP contribution in [0.5, 0.6) is 0 Å². The predicted molar refractivity (Wildman–Crippen MR) is 52.8 cm³/mol. The van der Waals surface area contributed by atoms with Gasteiger partial charge in [0.25, 0.3) is 5.91 Å². The van der Waals surface area contributed by atoms with E-state index in [1.807, 2.05) is 0 Å². The summed E-state index contributed by atoms with van der Waals surface area (Å²) in [5.74, 6) is -1.03. The number of aliphatic carboxylic acids is 1. The zero-order chi connectivity index (χ0) is 11.8. The van der Waals surface area contributed by atoms with Crippen molar-refractivity contribution in [3.8, 4) is 0 Å². The van der Waals surface area contributed by atoms with Gasteiger partial charge in [0.1, 0.15) is 0 Å². The molecular weight excluding hydrogens is 212 g/mol. The highest BCUT2D eigenvalue weighted by Crippen LogP contribution is 2.30. The standard InChI is InChI=1S/C10H12N2O4/c1-10(9(14)15)3-5-12(6-10)8(13)7-2-4-11-16-7/h2,4H,3,5-6H2,1H3,(H,14,15). The van der Waals surface area contributed by atoms with E-state index in [1.165, 1.54) is 17.2 Å². The summed E-state index contributed by atoms with van der Waals surface area (Å²) in [7, 11) is 0. The molecule has 2 rings (SSSR count). The molecule has 6 nitrogen and oxygen atoms in total. The number of carboxylic acids is 1. The molecule has 2 heterocycles. The van der Waals surface area contributed by atoms with Gasteiger partial charge in [0, 0.05) is 19.2 Å². The molecule has 0 radical (unpaired) electrons. The van der Waals surface area contributed by atoms with Crippen molar-refractivity contribution in [3.63, 3.8) is 0 Å². The van der Waals surface area contributed by atoms with Crippen molar-refractivity contribution in [3.05, 3.63) is 18.0 Å². The number of amides is 1. The summed E-state index contributed by atoms with van der Waals surface area (Å²) in [6.07, 6.45) is 1.85. The fraction of sp³-hybridized carbons (Fsp3) is 0.500. The largest absolute Gasteiger partial charge is 0.481 e. The molecule has 1 unspecified atom stereocenters. The minimum atomic E-state index is -0.875. The Morgan fingerprint density at radius 2 is 2.38 bits per heavy atom. The van der Waals surface area contributed by atoms with Crippen molar-refractivity contribution in [2.75, 3.05) is 13.1 Å². The first-order valence-electron chi connectivity index (χ1n) is 4.96. The third-order valence-electron chi connectivity index (χ3n) is 2.93. The first-order chi connectivity index (χ1) is 7.53. The van der Waals surface area contributed by atoms with Gasteiger partial charge >= 0.3 is 5.97 Å². The van der Waals surface area contributed by atoms with Gasteiger partial charge in [-0.3, -0.25) is 9.59 Å². The summed E-state index contributed by atoms with van der Waals surface area (Å²) in [5, 5.41) is 12.5. The Hall–Kier alpha value is -1.85. The Bertz CT molecular complexity index is 414. The van der Waals surface area contributed by atoms with Crippen molar-refractivity contribution < 1.29 is 19.2 Å². The number of hydrogen-bond donors (Lipinski definition) is 1. The van der Waals surface area contributed by atoms with Gasteiger partial charge in [0.05, 0.1) is 11.6 Å². The number of hydrogen-bond acceptors (Lipinski definition) is 4. The molecule has 1 amide bonds. The van der Waals surface area contributed by atoms with E-state index < -0.39 is 11.4 Å². The molecule has 86 valence electrons. The number of likely N-dealkylation sites (tertiary alicyclic amines) is 1. The molecule has 1 aliphatic heterocycles. The molecule has 0 spiro atoms. The van der Waals surface area contributed by atoms with Gasteiger partial charge in [-0.1, -0.05) is 5.16 Å². The Morgan fingerprint density at radius 3 is 2.88 bits per heavy atom. The third-order valence-corrected chi connectivity index (χ3v) is 2.93. The molecule has 0 aromatic carbocycles. The average Bonchev–Trinajstić information content (AvgIpc) is 2.85. The highest BCUT2D eigenvalue weighted by Gasteiger charge is 2.42. The highest BCUT2D eigenvalue weighted by atomic mass is 16.5. The van der Waals surface area contributed by atoms with Crippen LogP contribution in [0, 0.1) is 5.41 Å². The normalized spacial score (nSPS) is 24.7. The van der Waals surface area contributed by atoms with Crippen LogP contribution in [0.4, 0.5) is 0 Å². The monoisotopic (exact) mass is 224 g/mol. The summed E-state index contributed by atoms with van der Waals surface area (Å²) >= 11 is 0. The molecule has 1 aromatic heterocycles.